The summed E-state index contributed by atoms with van der Waals surface area (Å²) in [6.07, 6.45) is 2.97. The first-order valence-corrected chi connectivity index (χ1v) is 10.2. The van der Waals surface area contributed by atoms with Crippen molar-refractivity contribution in [1.82, 2.24) is 15.5 Å². The van der Waals surface area contributed by atoms with Crippen LogP contribution < -0.4 is 15.4 Å². The Morgan fingerprint density at radius 2 is 1.80 bits per heavy atom. The fourth-order valence-electron chi connectivity index (χ4n) is 3.04. The number of hydrogen-bond acceptors (Lipinski definition) is 3. The van der Waals surface area contributed by atoms with Crippen molar-refractivity contribution >= 4 is 11.9 Å². The Kier molecular flexibility index (Phi) is 7.65. The van der Waals surface area contributed by atoms with Gasteiger partial charge < -0.3 is 20.3 Å². The zero-order chi connectivity index (χ0) is 21.3. The average molecular weight is 413 g/mol. The summed E-state index contributed by atoms with van der Waals surface area (Å²) in [5.41, 5.74) is 2.18. The van der Waals surface area contributed by atoms with Gasteiger partial charge in [-0.15, -0.1) is 0 Å². The third-order valence-electron chi connectivity index (χ3n) is 4.84. The van der Waals surface area contributed by atoms with Crippen LogP contribution in [-0.4, -0.2) is 50.1 Å². The van der Waals surface area contributed by atoms with E-state index in [0.717, 1.165) is 42.9 Å². The van der Waals surface area contributed by atoms with Crippen molar-refractivity contribution in [3.63, 3.8) is 0 Å². The molecule has 0 atom stereocenters. The zero-order valence-electron chi connectivity index (χ0n) is 17.5. The Hall–Kier alpha value is -3.09. The maximum Gasteiger partial charge on any atom is 0.258 e. The predicted molar refractivity (Wildman–Crippen MR) is 116 cm³/mol. The Morgan fingerprint density at radius 3 is 2.43 bits per heavy atom. The van der Waals surface area contributed by atoms with Gasteiger partial charge in [0.2, 0.25) is 0 Å². The van der Waals surface area contributed by atoms with E-state index in [1.807, 2.05) is 36.2 Å². The Morgan fingerprint density at radius 1 is 1.13 bits per heavy atom. The second kappa shape index (κ2) is 10.6. The van der Waals surface area contributed by atoms with Crippen molar-refractivity contribution in [1.29, 1.82) is 0 Å². The number of guanidine groups is 1. The van der Waals surface area contributed by atoms with Crippen LogP contribution in [0, 0.1) is 5.82 Å². The van der Waals surface area contributed by atoms with Gasteiger partial charge in [-0.25, -0.2) is 4.39 Å². The van der Waals surface area contributed by atoms with E-state index in [0.29, 0.717) is 18.3 Å². The maximum absolute atomic E-state index is 13.1. The first-order valence-electron chi connectivity index (χ1n) is 10.2. The number of rotatable bonds is 9. The van der Waals surface area contributed by atoms with Gasteiger partial charge in [-0.1, -0.05) is 24.3 Å². The van der Waals surface area contributed by atoms with Gasteiger partial charge in [0.05, 0.1) is 0 Å². The molecule has 1 aliphatic rings. The number of halogens is 1. The first kappa shape index (κ1) is 21.6. The molecule has 0 radical (unpaired) electrons. The fraction of sp³-hybridized carbons (Fsp3) is 0.391. The third kappa shape index (κ3) is 7.06. The van der Waals surface area contributed by atoms with Crippen LogP contribution in [0.15, 0.2) is 53.5 Å². The van der Waals surface area contributed by atoms with E-state index < -0.39 is 0 Å². The minimum absolute atomic E-state index is 0.0497. The van der Waals surface area contributed by atoms with E-state index in [-0.39, 0.29) is 18.3 Å². The monoisotopic (exact) mass is 412 g/mol. The van der Waals surface area contributed by atoms with E-state index in [1.165, 1.54) is 12.1 Å². The van der Waals surface area contributed by atoms with Crippen LogP contribution in [0.25, 0.3) is 0 Å². The quantitative estimate of drug-likeness (QED) is 0.491. The molecule has 6 nitrogen and oxygen atoms in total. The number of amides is 1. The predicted octanol–water partition coefficient (Wildman–Crippen LogP) is 2.73. The summed E-state index contributed by atoms with van der Waals surface area (Å²) in [6.45, 7) is 1.42. The van der Waals surface area contributed by atoms with E-state index in [4.69, 9.17) is 4.74 Å². The molecule has 7 heteroatoms. The van der Waals surface area contributed by atoms with Crippen molar-refractivity contribution in [3.8, 4) is 5.75 Å². The number of carbonyl (C=O) groups excluding carboxylic acids is 1. The normalized spacial score (nSPS) is 13.6. The van der Waals surface area contributed by atoms with Gasteiger partial charge in [-0.2, -0.15) is 0 Å². The number of nitrogens with one attached hydrogen (secondary N) is 2. The first-order chi connectivity index (χ1) is 14.5. The second-order valence-corrected chi connectivity index (χ2v) is 7.48. The van der Waals surface area contributed by atoms with Gasteiger partial charge in [0.25, 0.3) is 5.91 Å². The van der Waals surface area contributed by atoms with Crippen molar-refractivity contribution in [2.24, 2.45) is 4.99 Å². The molecule has 0 heterocycles. The van der Waals surface area contributed by atoms with Crippen LogP contribution in [0.3, 0.4) is 0 Å². The largest absolute Gasteiger partial charge is 0.484 e. The number of aliphatic imine (C=N–C) groups is 1. The molecule has 2 aromatic carbocycles. The molecule has 30 heavy (non-hydrogen) atoms. The summed E-state index contributed by atoms with van der Waals surface area (Å²) in [7, 11) is 3.69. The van der Waals surface area contributed by atoms with Gasteiger partial charge in [0.15, 0.2) is 12.6 Å². The smallest absolute Gasteiger partial charge is 0.258 e. The molecule has 2 N–H and O–H groups in total. The van der Waals surface area contributed by atoms with E-state index >= 15 is 0 Å². The molecule has 1 amide bonds. The van der Waals surface area contributed by atoms with Gasteiger partial charge in [0.1, 0.15) is 11.6 Å². The SMILES string of the molecule is CN=C(NCCc1ccc(OCC(=O)NC2CC2)cc1)N(C)Cc1ccc(F)cc1. The lowest BCUT2D eigenvalue weighted by Gasteiger charge is -2.22. The lowest BCUT2D eigenvalue weighted by atomic mass is 10.1. The van der Waals surface area contributed by atoms with E-state index in [9.17, 15) is 9.18 Å². The molecule has 3 rings (SSSR count). The molecule has 0 aliphatic heterocycles. The zero-order valence-corrected chi connectivity index (χ0v) is 17.5. The number of nitrogens with zero attached hydrogens (tertiary/aromatic N) is 2. The third-order valence-corrected chi connectivity index (χ3v) is 4.84. The molecule has 0 unspecified atom stereocenters. The maximum atomic E-state index is 13.1. The topological polar surface area (TPSA) is 66.0 Å². The molecule has 0 saturated heterocycles. The molecule has 160 valence electrons. The molecule has 0 spiro atoms. The highest BCUT2D eigenvalue weighted by molar-refractivity contribution is 5.79. The molecule has 1 fully saturated rings. The average Bonchev–Trinajstić information content (AvgIpc) is 3.56. The molecule has 1 aliphatic carbocycles. The lowest BCUT2D eigenvalue weighted by Crippen LogP contribution is -2.39. The second-order valence-electron chi connectivity index (χ2n) is 7.48. The summed E-state index contributed by atoms with van der Waals surface area (Å²) in [5, 5.41) is 6.25. The number of hydrogen-bond donors (Lipinski definition) is 2. The molecular weight excluding hydrogens is 383 g/mol. The van der Waals surface area contributed by atoms with E-state index in [2.05, 4.69) is 15.6 Å². The highest BCUT2D eigenvalue weighted by Crippen LogP contribution is 2.18. The van der Waals surface area contributed by atoms with Crippen LogP contribution >= 0.6 is 0 Å². The molecule has 1 saturated carbocycles. The van der Waals surface area contributed by atoms with Crippen LogP contribution in [0.4, 0.5) is 4.39 Å². The van der Waals surface area contributed by atoms with Gasteiger partial charge in [-0.3, -0.25) is 9.79 Å². The van der Waals surface area contributed by atoms with Crippen molar-refractivity contribution in [2.75, 3.05) is 27.2 Å². The van der Waals surface area contributed by atoms with Crippen LogP contribution in [-0.2, 0) is 17.8 Å². The summed E-state index contributed by atoms with van der Waals surface area (Å²) in [6, 6.07) is 14.6. The fourth-order valence-corrected chi connectivity index (χ4v) is 3.04. The van der Waals surface area contributed by atoms with Gasteiger partial charge in [0, 0.05) is 33.2 Å². The van der Waals surface area contributed by atoms with Crippen molar-refractivity contribution in [2.45, 2.75) is 31.8 Å². The molecular formula is C23H29FN4O2. The van der Waals surface area contributed by atoms with E-state index in [1.54, 1.807) is 19.2 Å². The van der Waals surface area contributed by atoms with Crippen LogP contribution in [0.5, 0.6) is 5.75 Å². The minimum Gasteiger partial charge on any atom is -0.484 e. The number of benzene rings is 2. The van der Waals surface area contributed by atoms with Crippen molar-refractivity contribution < 1.29 is 13.9 Å². The summed E-state index contributed by atoms with van der Waals surface area (Å²) < 4.78 is 18.6. The number of ether oxygens (including phenoxy) is 1. The number of carbonyl (C=O) groups is 1. The standard InChI is InChI=1S/C23H29FN4O2/c1-25-23(28(2)15-18-3-7-19(24)8-4-18)26-14-13-17-5-11-21(12-6-17)30-16-22(29)27-20-9-10-20/h3-8,11-12,20H,9-10,13-16H2,1-2H3,(H,25,26)(H,27,29). The molecule has 2 aromatic rings. The van der Waals surface area contributed by atoms with Gasteiger partial charge in [-0.05, 0) is 54.7 Å². The summed E-state index contributed by atoms with van der Waals surface area (Å²) in [5.74, 6) is 1.16. The summed E-state index contributed by atoms with van der Waals surface area (Å²) >= 11 is 0. The minimum atomic E-state index is -0.234. The van der Waals surface area contributed by atoms with Crippen molar-refractivity contribution in [3.05, 3.63) is 65.5 Å². The Labute approximate surface area is 177 Å². The highest BCUT2D eigenvalue weighted by atomic mass is 19.1. The van der Waals surface area contributed by atoms with Crippen LogP contribution in [0.2, 0.25) is 0 Å². The highest BCUT2D eigenvalue weighted by Gasteiger charge is 2.23. The molecule has 0 aromatic heterocycles. The van der Waals surface area contributed by atoms with Gasteiger partial charge >= 0.3 is 0 Å². The molecule has 0 bridgehead atoms. The summed E-state index contributed by atoms with van der Waals surface area (Å²) in [4.78, 5) is 18.0. The van der Waals surface area contributed by atoms with Crippen LogP contribution in [0.1, 0.15) is 24.0 Å². The Balaban J connectivity index is 1.39. The Bertz CT molecular complexity index is 849. The lowest BCUT2D eigenvalue weighted by molar-refractivity contribution is -0.123.